The summed E-state index contributed by atoms with van der Waals surface area (Å²) in [5, 5.41) is 0. The Labute approximate surface area is 91.4 Å². The van der Waals surface area contributed by atoms with Crippen molar-refractivity contribution in [2.24, 2.45) is 0 Å². The summed E-state index contributed by atoms with van der Waals surface area (Å²) in [4.78, 5) is 0. The number of nitrogens with one attached hydrogen (secondary N) is 1. The lowest BCUT2D eigenvalue weighted by molar-refractivity contribution is 0.0232. The fraction of sp³-hybridized carbons (Fsp3) is 0.667. The van der Waals surface area contributed by atoms with E-state index in [2.05, 4.69) is 36.1 Å². The quantitative estimate of drug-likeness (QED) is 0.824. The highest BCUT2D eigenvalue weighted by Crippen LogP contribution is 2.12. The summed E-state index contributed by atoms with van der Waals surface area (Å²) < 4.78 is 7.82. The molecule has 1 fully saturated rings. The maximum atomic E-state index is 5.68. The molecule has 0 saturated carbocycles. The van der Waals surface area contributed by atoms with Crippen molar-refractivity contribution in [1.82, 2.24) is 4.68 Å². The minimum Gasteiger partial charge on any atom is -0.376 e. The van der Waals surface area contributed by atoms with Gasteiger partial charge in [0.15, 0.2) is 0 Å². The predicted octanol–water partition coefficient (Wildman–Crippen LogP) is 2.22. The smallest absolute Gasteiger partial charge is 0.0763 e. The molecule has 0 amide bonds. The molecule has 0 aliphatic carbocycles. The van der Waals surface area contributed by atoms with Crippen LogP contribution in [-0.2, 0) is 4.74 Å². The largest absolute Gasteiger partial charge is 0.376 e. The molecule has 0 radical (unpaired) electrons. The van der Waals surface area contributed by atoms with Crippen LogP contribution in [0.1, 0.15) is 30.7 Å². The van der Waals surface area contributed by atoms with Crippen LogP contribution < -0.4 is 5.43 Å². The number of rotatable bonds is 3. The van der Waals surface area contributed by atoms with Crippen molar-refractivity contribution < 1.29 is 4.74 Å². The molecule has 2 heterocycles. The number of hydrogen-bond acceptors (Lipinski definition) is 2. The lowest BCUT2D eigenvalue weighted by Gasteiger charge is -2.24. The van der Waals surface area contributed by atoms with Gasteiger partial charge in [0, 0.05) is 18.0 Å². The van der Waals surface area contributed by atoms with E-state index in [1.54, 1.807) is 0 Å². The Balaban J connectivity index is 1.87. The third-order valence-corrected chi connectivity index (χ3v) is 3.02. The highest BCUT2D eigenvalue weighted by molar-refractivity contribution is 5.15. The first kappa shape index (κ1) is 10.6. The summed E-state index contributed by atoms with van der Waals surface area (Å²) in [7, 11) is 0. The van der Waals surface area contributed by atoms with E-state index in [4.69, 9.17) is 4.74 Å². The van der Waals surface area contributed by atoms with Gasteiger partial charge in [0.05, 0.1) is 12.6 Å². The molecule has 0 bridgehead atoms. The SMILES string of the molecule is Cc1ccc(C)n1NCC1CCCCO1. The van der Waals surface area contributed by atoms with E-state index in [0.29, 0.717) is 6.10 Å². The summed E-state index contributed by atoms with van der Waals surface area (Å²) in [6, 6.07) is 4.26. The number of aromatic nitrogens is 1. The summed E-state index contributed by atoms with van der Waals surface area (Å²) in [5.74, 6) is 0. The van der Waals surface area contributed by atoms with Gasteiger partial charge in [0.25, 0.3) is 0 Å². The van der Waals surface area contributed by atoms with Gasteiger partial charge in [0.1, 0.15) is 0 Å². The first-order chi connectivity index (χ1) is 7.27. The van der Waals surface area contributed by atoms with Gasteiger partial charge in [-0.05, 0) is 45.2 Å². The number of aryl methyl sites for hydroxylation is 2. The Kier molecular flexibility index (Phi) is 3.31. The summed E-state index contributed by atoms with van der Waals surface area (Å²) in [5.41, 5.74) is 5.93. The van der Waals surface area contributed by atoms with Crippen LogP contribution in [0.5, 0.6) is 0 Å². The molecular formula is C12H20N2O. The van der Waals surface area contributed by atoms with Crippen molar-refractivity contribution in [2.75, 3.05) is 18.6 Å². The molecule has 1 unspecified atom stereocenters. The molecule has 15 heavy (non-hydrogen) atoms. The molecule has 1 N–H and O–H groups in total. The van der Waals surface area contributed by atoms with Gasteiger partial charge in [-0.3, -0.25) is 4.68 Å². The van der Waals surface area contributed by atoms with Crippen molar-refractivity contribution in [1.29, 1.82) is 0 Å². The zero-order valence-electron chi connectivity index (χ0n) is 9.62. The maximum Gasteiger partial charge on any atom is 0.0763 e. The summed E-state index contributed by atoms with van der Waals surface area (Å²) >= 11 is 0. The zero-order valence-corrected chi connectivity index (χ0v) is 9.62. The molecule has 0 spiro atoms. The van der Waals surface area contributed by atoms with E-state index in [1.165, 1.54) is 30.7 Å². The maximum absolute atomic E-state index is 5.68. The molecule has 1 aliphatic rings. The number of nitrogens with zero attached hydrogens (tertiary/aromatic N) is 1. The average Bonchev–Trinajstić information content (AvgIpc) is 2.58. The minimum atomic E-state index is 0.389. The predicted molar refractivity (Wildman–Crippen MR) is 61.7 cm³/mol. The van der Waals surface area contributed by atoms with Gasteiger partial charge in [-0.15, -0.1) is 0 Å². The average molecular weight is 208 g/mol. The van der Waals surface area contributed by atoms with E-state index in [1.807, 2.05) is 0 Å². The topological polar surface area (TPSA) is 26.2 Å². The van der Waals surface area contributed by atoms with E-state index in [0.717, 1.165) is 13.2 Å². The van der Waals surface area contributed by atoms with Crippen LogP contribution in [0.25, 0.3) is 0 Å². The Morgan fingerprint density at radius 3 is 2.67 bits per heavy atom. The van der Waals surface area contributed by atoms with Crippen LogP contribution in [-0.4, -0.2) is 23.9 Å². The van der Waals surface area contributed by atoms with Crippen LogP contribution in [0, 0.1) is 13.8 Å². The van der Waals surface area contributed by atoms with Crippen LogP contribution in [0.15, 0.2) is 12.1 Å². The van der Waals surface area contributed by atoms with Crippen molar-refractivity contribution in [3.05, 3.63) is 23.5 Å². The minimum absolute atomic E-state index is 0.389. The number of ether oxygens (including phenoxy) is 1. The van der Waals surface area contributed by atoms with E-state index >= 15 is 0 Å². The first-order valence-corrected chi connectivity index (χ1v) is 5.78. The Morgan fingerprint density at radius 1 is 1.33 bits per heavy atom. The second-order valence-electron chi connectivity index (χ2n) is 4.30. The van der Waals surface area contributed by atoms with Gasteiger partial charge >= 0.3 is 0 Å². The molecule has 3 nitrogen and oxygen atoms in total. The van der Waals surface area contributed by atoms with Gasteiger partial charge in [-0.1, -0.05) is 0 Å². The van der Waals surface area contributed by atoms with E-state index in [9.17, 15) is 0 Å². The molecule has 84 valence electrons. The van der Waals surface area contributed by atoms with Gasteiger partial charge in [-0.2, -0.15) is 0 Å². The molecule has 3 heteroatoms. The van der Waals surface area contributed by atoms with Crippen molar-refractivity contribution in [2.45, 2.75) is 39.2 Å². The first-order valence-electron chi connectivity index (χ1n) is 5.78. The molecule has 0 aromatic carbocycles. The molecule has 1 saturated heterocycles. The van der Waals surface area contributed by atoms with Crippen molar-refractivity contribution in [3.8, 4) is 0 Å². The lowest BCUT2D eigenvalue weighted by atomic mass is 10.1. The highest BCUT2D eigenvalue weighted by Gasteiger charge is 2.13. The Morgan fingerprint density at radius 2 is 2.07 bits per heavy atom. The molecule has 1 aliphatic heterocycles. The number of hydrogen-bond donors (Lipinski definition) is 1. The van der Waals surface area contributed by atoms with Crippen molar-refractivity contribution in [3.63, 3.8) is 0 Å². The molecule has 1 aromatic heterocycles. The zero-order chi connectivity index (χ0) is 10.7. The monoisotopic (exact) mass is 208 g/mol. The summed E-state index contributed by atoms with van der Waals surface area (Å²) in [6.45, 7) is 6.07. The van der Waals surface area contributed by atoms with Gasteiger partial charge in [-0.25, -0.2) is 0 Å². The normalized spacial score (nSPS) is 21.6. The molecule has 1 atom stereocenters. The highest BCUT2D eigenvalue weighted by atomic mass is 16.5. The third-order valence-electron chi connectivity index (χ3n) is 3.02. The fourth-order valence-electron chi connectivity index (χ4n) is 2.08. The molecule has 1 aromatic rings. The second kappa shape index (κ2) is 4.71. The van der Waals surface area contributed by atoms with Crippen LogP contribution >= 0.6 is 0 Å². The van der Waals surface area contributed by atoms with Gasteiger partial charge in [0.2, 0.25) is 0 Å². The molecular weight excluding hydrogens is 188 g/mol. The Bertz CT molecular complexity index is 294. The van der Waals surface area contributed by atoms with E-state index in [-0.39, 0.29) is 0 Å². The Hall–Kier alpha value is -0.960. The lowest BCUT2D eigenvalue weighted by Crippen LogP contribution is -2.31. The summed E-state index contributed by atoms with van der Waals surface area (Å²) in [6.07, 6.45) is 4.10. The van der Waals surface area contributed by atoms with Crippen LogP contribution in [0.2, 0.25) is 0 Å². The van der Waals surface area contributed by atoms with Crippen LogP contribution in [0.3, 0.4) is 0 Å². The van der Waals surface area contributed by atoms with Gasteiger partial charge < -0.3 is 10.2 Å². The molecule has 2 rings (SSSR count). The van der Waals surface area contributed by atoms with Crippen LogP contribution in [0.4, 0.5) is 0 Å². The van der Waals surface area contributed by atoms with E-state index < -0.39 is 0 Å². The van der Waals surface area contributed by atoms with Crippen molar-refractivity contribution >= 4 is 0 Å². The standard InChI is InChI=1S/C12H20N2O/c1-10-6-7-11(2)14(10)13-9-12-5-3-4-8-15-12/h6-7,12-13H,3-5,8-9H2,1-2H3. The fourth-order valence-corrected chi connectivity index (χ4v) is 2.08. The third kappa shape index (κ3) is 2.53. The second-order valence-corrected chi connectivity index (χ2v) is 4.30.